The summed E-state index contributed by atoms with van der Waals surface area (Å²) in [7, 11) is 0. The van der Waals surface area contributed by atoms with Gasteiger partial charge in [0, 0.05) is 19.4 Å². The molecule has 3 aliphatic carbocycles. The van der Waals surface area contributed by atoms with Gasteiger partial charge in [-0.2, -0.15) is 5.10 Å². The Labute approximate surface area is 222 Å². The summed E-state index contributed by atoms with van der Waals surface area (Å²) in [4.78, 5) is 32.6. The highest BCUT2D eigenvalue weighted by atomic mass is 19.3. The van der Waals surface area contributed by atoms with Crippen molar-refractivity contribution in [3.63, 3.8) is 0 Å². The van der Waals surface area contributed by atoms with Crippen LogP contribution in [0.1, 0.15) is 90.9 Å². The Hall–Kier alpha value is -3.64. The fourth-order valence-electron chi connectivity index (χ4n) is 6.21. The Bertz CT molecular complexity index is 1440. The first kappa shape index (κ1) is 24.4. The molecule has 0 aromatic carbocycles. The van der Waals surface area contributed by atoms with Crippen LogP contribution in [0.3, 0.4) is 0 Å². The second-order valence-electron chi connectivity index (χ2n) is 11.7. The molecule has 0 unspecified atom stereocenters. The predicted octanol–water partition coefficient (Wildman–Crippen LogP) is 3.73. The van der Waals surface area contributed by atoms with E-state index in [0.29, 0.717) is 29.5 Å². The molecule has 1 spiro atoms. The molecule has 3 saturated carbocycles. The summed E-state index contributed by atoms with van der Waals surface area (Å²) in [5, 5.41) is 18.1. The zero-order valence-electron chi connectivity index (χ0n) is 21.6. The van der Waals surface area contributed by atoms with Gasteiger partial charge >= 0.3 is 6.03 Å². The number of fused-ring (bicyclic) bond motifs is 1. The van der Waals surface area contributed by atoms with Gasteiger partial charge in [0.05, 0.1) is 35.7 Å². The number of carbonyl (C=O) groups excluding carboxylic acids is 2. The van der Waals surface area contributed by atoms with Crippen molar-refractivity contribution in [2.24, 2.45) is 11.8 Å². The fraction of sp³-hybridized carbons (Fsp3) is 0.615. The molecule has 3 amide bonds. The Morgan fingerprint density at radius 1 is 1.15 bits per heavy atom. The monoisotopic (exact) mass is 540 g/mol. The lowest BCUT2D eigenvalue weighted by atomic mass is 9.81. The molecule has 11 nitrogen and oxygen atoms in total. The molecule has 3 aromatic rings. The summed E-state index contributed by atoms with van der Waals surface area (Å²) in [5.41, 5.74) is 2.37. The molecule has 39 heavy (non-hydrogen) atoms. The van der Waals surface area contributed by atoms with E-state index in [9.17, 15) is 18.4 Å². The summed E-state index contributed by atoms with van der Waals surface area (Å²) in [5.74, 6) is -3.05. The molecule has 4 fully saturated rings. The van der Waals surface area contributed by atoms with E-state index in [4.69, 9.17) is 4.98 Å². The number of hydrogen-bond acceptors (Lipinski definition) is 7. The number of rotatable bonds is 7. The molecule has 1 saturated heterocycles. The third-order valence-corrected chi connectivity index (χ3v) is 8.77. The van der Waals surface area contributed by atoms with Crippen LogP contribution in [0.15, 0.2) is 23.1 Å². The fourth-order valence-corrected chi connectivity index (χ4v) is 6.21. The maximum absolute atomic E-state index is 14.0. The molecule has 3 aromatic heterocycles. The molecular formula is C26H30F2N8O3. The number of aromatic nitrogens is 5. The minimum absolute atomic E-state index is 0.0252. The van der Waals surface area contributed by atoms with Crippen LogP contribution in [-0.4, -0.2) is 59.8 Å². The number of aryl methyl sites for hydroxylation is 1. The van der Waals surface area contributed by atoms with Crippen LogP contribution in [0.25, 0.3) is 5.65 Å². The Morgan fingerprint density at radius 2 is 1.92 bits per heavy atom. The minimum atomic E-state index is -2.70. The lowest BCUT2D eigenvalue weighted by Crippen LogP contribution is -2.37. The van der Waals surface area contributed by atoms with Crippen molar-refractivity contribution in [2.45, 2.75) is 81.8 Å². The number of carbonyl (C=O) groups is 2. The number of urea groups is 1. The number of imidazole rings is 1. The molecule has 4 heterocycles. The van der Waals surface area contributed by atoms with Gasteiger partial charge in [-0.25, -0.2) is 27.7 Å². The Kier molecular flexibility index (Phi) is 5.43. The van der Waals surface area contributed by atoms with Gasteiger partial charge in [-0.1, -0.05) is 5.16 Å². The van der Waals surface area contributed by atoms with Crippen molar-refractivity contribution in [3.05, 3.63) is 41.1 Å². The van der Waals surface area contributed by atoms with Crippen LogP contribution in [0.5, 0.6) is 0 Å². The van der Waals surface area contributed by atoms with Gasteiger partial charge in [0.1, 0.15) is 5.69 Å². The van der Waals surface area contributed by atoms with E-state index >= 15 is 0 Å². The molecular weight excluding hydrogens is 510 g/mol. The first-order chi connectivity index (χ1) is 18.7. The molecule has 7 rings (SSSR count). The van der Waals surface area contributed by atoms with Crippen LogP contribution in [-0.2, 0) is 0 Å². The largest absolute Gasteiger partial charge is 0.342 e. The molecule has 13 heteroatoms. The predicted molar refractivity (Wildman–Crippen MR) is 132 cm³/mol. The second-order valence-corrected chi connectivity index (χ2v) is 11.7. The average Bonchev–Trinajstić information content (AvgIpc) is 3.75. The molecule has 2 atom stereocenters. The van der Waals surface area contributed by atoms with Gasteiger partial charge in [-0.15, -0.1) is 0 Å². The lowest BCUT2D eigenvalue weighted by Gasteiger charge is -2.33. The van der Waals surface area contributed by atoms with Crippen LogP contribution >= 0.6 is 0 Å². The van der Waals surface area contributed by atoms with Gasteiger partial charge in [0.25, 0.3) is 5.91 Å². The maximum Gasteiger partial charge on any atom is 0.318 e. The van der Waals surface area contributed by atoms with E-state index < -0.39 is 17.9 Å². The lowest BCUT2D eigenvalue weighted by molar-refractivity contribution is -0.0495. The van der Waals surface area contributed by atoms with E-state index in [-0.39, 0.29) is 54.9 Å². The van der Waals surface area contributed by atoms with Crippen molar-refractivity contribution in [1.29, 1.82) is 0 Å². The van der Waals surface area contributed by atoms with Gasteiger partial charge in [0.15, 0.2) is 11.3 Å². The molecule has 0 radical (unpaired) electrons. The smallest absolute Gasteiger partial charge is 0.318 e. The van der Waals surface area contributed by atoms with Crippen molar-refractivity contribution in [2.75, 3.05) is 6.54 Å². The topological polar surface area (TPSA) is 131 Å². The number of halogens is 2. The van der Waals surface area contributed by atoms with E-state index in [2.05, 4.69) is 30.7 Å². The normalized spacial score (nSPS) is 23.7. The number of amides is 3. The zero-order chi connectivity index (χ0) is 26.9. The molecule has 1 aliphatic heterocycles. The van der Waals surface area contributed by atoms with Crippen LogP contribution in [0.2, 0.25) is 0 Å². The van der Waals surface area contributed by atoms with Crippen molar-refractivity contribution >= 4 is 17.6 Å². The van der Waals surface area contributed by atoms with Gasteiger partial charge in [-0.3, -0.25) is 4.79 Å². The second kappa shape index (κ2) is 8.68. The van der Waals surface area contributed by atoms with Crippen molar-refractivity contribution in [1.82, 2.24) is 40.4 Å². The first-order valence-electron chi connectivity index (χ1n) is 13.6. The first-order valence-corrected chi connectivity index (χ1v) is 13.6. The Balaban J connectivity index is 1.20. The molecule has 206 valence electrons. The third-order valence-electron chi connectivity index (χ3n) is 8.77. The van der Waals surface area contributed by atoms with Gasteiger partial charge < -0.3 is 15.5 Å². The number of nitrogens with zero attached hydrogens (tertiary/aromatic N) is 6. The quantitative estimate of drug-likeness (QED) is 0.467. The van der Waals surface area contributed by atoms with E-state index in [1.807, 2.05) is 11.0 Å². The maximum atomic E-state index is 14.0. The van der Waals surface area contributed by atoms with E-state index in [0.717, 1.165) is 31.2 Å². The molecule has 4 aliphatic rings. The van der Waals surface area contributed by atoms with Crippen molar-refractivity contribution in [3.8, 4) is 0 Å². The van der Waals surface area contributed by atoms with E-state index in [1.54, 1.807) is 23.8 Å². The zero-order valence-corrected chi connectivity index (χ0v) is 21.6. The minimum Gasteiger partial charge on any atom is -0.342 e. The summed E-state index contributed by atoms with van der Waals surface area (Å²) in [6.07, 6.45) is 7.66. The number of hydrogen-bond donors (Lipinski definition) is 2. The van der Waals surface area contributed by atoms with Crippen LogP contribution in [0, 0.1) is 18.8 Å². The highest BCUT2D eigenvalue weighted by molar-refractivity contribution is 5.93. The summed E-state index contributed by atoms with van der Waals surface area (Å²) >= 11 is 0. The van der Waals surface area contributed by atoms with Crippen LogP contribution < -0.4 is 10.6 Å². The van der Waals surface area contributed by atoms with Crippen LogP contribution in [0.4, 0.5) is 13.6 Å². The number of alkyl halides is 2. The third kappa shape index (κ3) is 4.51. The molecule has 2 N–H and O–H groups in total. The summed E-state index contributed by atoms with van der Waals surface area (Å²) < 4.78 is 34.2. The summed E-state index contributed by atoms with van der Waals surface area (Å²) in [6, 6.07) is 1.24. The Morgan fingerprint density at radius 3 is 2.56 bits per heavy atom. The van der Waals surface area contributed by atoms with E-state index in [1.165, 1.54) is 0 Å². The van der Waals surface area contributed by atoms with Gasteiger partial charge in [-0.05, 0) is 74.1 Å². The average molecular weight is 541 g/mol. The highest BCUT2D eigenvalue weighted by Gasteiger charge is 2.54. The standard InChI is InChI=1S/C26H30F2N8O3/c1-14-20(34-39-33-14)23(37)31-21(15-4-6-26(27,28)7-5-15)18-12-36-19(30-18)10-17(11-29-36)22(16-2-3-16)35-13-25(8-9-25)32-24(35)38/h10-12,15-16,21-22H,2-9,13H2,1H3,(H,31,37)(H,32,38)/t21-,22+/m0/s1. The van der Waals surface area contributed by atoms with Gasteiger partial charge in [0.2, 0.25) is 5.92 Å². The molecule has 0 bridgehead atoms. The van der Waals surface area contributed by atoms with Crippen molar-refractivity contribution < 1.29 is 23.0 Å². The highest BCUT2D eigenvalue weighted by Crippen LogP contribution is 2.49. The summed E-state index contributed by atoms with van der Waals surface area (Å²) in [6.45, 7) is 2.31. The SMILES string of the molecule is Cc1nonc1C(=O)N[C@H](c1cn2ncc([C@@H](C3CC3)N3CC4(CC4)NC3=O)cc2n1)C1CCC(F)(F)CC1. The number of nitrogens with one attached hydrogen (secondary N) is 2.